The number of anilines is 1. The topological polar surface area (TPSA) is 58.4 Å². The van der Waals surface area contributed by atoms with Gasteiger partial charge in [-0.25, -0.2) is 4.68 Å². The van der Waals surface area contributed by atoms with Gasteiger partial charge in [0.2, 0.25) is 0 Å². The fourth-order valence-electron chi connectivity index (χ4n) is 4.25. The molecule has 0 bridgehead atoms. The second kappa shape index (κ2) is 9.56. The van der Waals surface area contributed by atoms with Crippen LogP contribution in [0.4, 0.5) is 5.69 Å². The lowest BCUT2D eigenvalue weighted by Gasteiger charge is -2.16. The average molecular weight is 454 g/mol. The van der Waals surface area contributed by atoms with E-state index < -0.39 is 11.9 Å². The monoisotopic (exact) mass is 453 g/mol. The van der Waals surface area contributed by atoms with Crippen LogP contribution in [0.5, 0.6) is 0 Å². The second-order valence-electron chi connectivity index (χ2n) is 9.18. The molecule has 0 fully saturated rings. The van der Waals surface area contributed by atoms with Gasteiger partial charge in [-0.2, -0.15) is 5.10 Å². The fourth-order valence-corrected chi connectivity index (χ4v) is 4.25. The zero-order valence-electron chi connectivity index (χ0n) is 20.4. The number of carboxylic acid groups (broad SMARTS) is 1. The molecule has 0 radical (unpaired) electrons. The molecule has 1 aromatic heterocycles. The zero-order valence-corrected chi connectivity index (χ0v) is 20.4. The highest BCUT2D eigenvalue weighted by Gasteiger charge is 2.24. The van der Waals surface area contributed by atoms with Crippen molar-refractivity contribution in [3.63, 3.8) is 0 Å². The summed E-state index contributed by atoms with van der Waals surface area (Å²) in [4.78, 5) is 14.4. The Morgan fingerprint density at radius 3 is 2.38 bits per heavy atom. The van der Waals surface area contributed by atoms with E-state index in [-0.39, 0.29) is 0 Å². The number of carbonyl (C=O) groups is 1. The molecule has 3 aromatic carbocycles. The van der Waals surface area contributed by atoms with Crippen LogP contribution in [0.15, 0.2) is 72.8 Å². The first-order chi connectivity index (χ1) is 16.2. The first-order valence-corrected chi connectivity index (χ1v) is 11.5. The molecule has 1 N–H and O–H groups in total. The Balaban J connectivity index is 1.85. The molecule has 0 aliphatic heterocycles. The Hall–Kier alpha value is -3.86. The lowest BCUT2D eigenvalue weighted by molar-refractivity contribution is -0.138. The Bertz CT molecular complexity index is 1340. The maximum Gasteiger partial charge on any atom is 0.311 e. The summed E-state index contributed by atoms with van der Waals surface area (Å²) in [5.74, 6) is -1.50. The number of aliphatic carboxylic acids is 1. The summed E-state index contributed by atoms with van der Waals surface area (Å²) in [6.07, 6.45) is 0.340. The molecule has 4 aromatic rings. The van der Waals surface area contributed by atoms with Gasteiger partial charge in [-0.3, -0.25) is 4.79 Å². The third-order valence-electron chi connectivity index (χ3n) is 6.19. The molecular formula is C29H31N3O2. The molecule has 1 atom stereocenters. The normalized spacial score (nSPS) is 11.9. The molecule has 1 heterocycles. The largest absolute Gasteiger partial charge is 0.481 e. The number of hydrogen-bond acceptors (Lipinski definition) is 3. The minimum Gasteiger partial charge on any atom is -0.481 e. The van der Waals surface area contributed by atoms with Crippen molar-refractivity contribution in [3.05, 3.63) is 101 Å². The molecule has 0 saturated heterocycles. The number of aryl methyl sites for hydroxylation is 3. The molecule has 0 saturated carbocycles. The number of rotatable bonds is 7. The fraction of sp³-hybridized carbons (Fsp3) is 0.241. The molecule has 1 unspecified atom stereocenters. The highest BCUT2D eigenvalue weighted by atomic mass is 16.4. The number of benzene rings is 3. The standard InChI is InChI=1S/C29H31N3O2/c1-19-8-6-9-22(14-19)26(29(33)34)17-25-18-27(23-10-7-11-24(16-23)31(4)5)30-32(25)28-15-20(2)12-13-21(28)3/h6-16,18,26H,17H2,1-5H3,(H,33,34). The van der Waals surface area contributed by atoms with Gasteiger partial charge in [-0.15, -0.1) is 0 Å². The quantitative estimate of drug-likeness (QED) is 0.376. The van der Waals surface area contributed by atoms with Crippen molar-refractivity contribution >= 4 is 11.7 Å². The average Bonchev–Trinajstić information content (AvgIpc) is 3.22. The van der Waals surface area contributed by atoms with Gasteiger partial charge in [-0.05, 0) is 61.7 Å². The maximum absolute atomic E-state index is 12.3. The summed E-state index contributed by atoms with van der Waals surface area (Å²) in [7, 11) is 4.02. The Kier molecular flexibility index (Phi) is 6.55. The van der Waals surface area contributed by atoms with Gasteiger partial charge in [0.15, 0.2) is 0 Å². The third-order valence-corrected chi connectivity index (χ3v) is 6.19. The zero-order chi connectivity index (χ0) is 24.4. The SMILES string of the molecule is Cc1cccc(C(Cc2cc(-c3cccc(N(C)C)c3)nn2-c2cc(C)ccc2C)C(=O)O)c1. The summed E-state index contributed by atoms with van der Waals surface area (Å²) in [6.45, 7) is 6.10. The Labute approximate surface area is 201 Å². The predicted molar refractivity (Wildman–Crippen MR) is 138 cm³/mol. The van der Waals surface area contributed by atoms with Gasteiger partial charge in [0.1, 0.15) is 0 Å². The van der Waals surface area contributed by atoms with E-state index in [1.807, 2.05) is 68.2 Å². The summed E-state index contributed by atoms with van der Waals surface area (Å²) in [5, 5.41) is 15.1. The number of aromatic nitrogens is 2. The minimum atomic E-state index is -0.838. The van der Waals surface area contributed by atoms with Crippen molar-refractivity contribution < 1.29 is 9.90 Å². The van der Waals surface area contributed by atoms with Crippen LogP contribution >= 0.6 is 0 Å². The van der Waals surface area contributed by atoms with Crippen molar-refractivity contribution in [1.29, 1.82) is 0 Å². The van der Waals surface area contributed by atoms with Crippen LogP contribution in [0.25, 0.3) is 16.9 Å². The highest BCUT2D eigenvalue weighted by molar-refractivity contribution is 5.77. The highest BCUT2D eigenvalue weighted by Crippen LogP contribution is 2.30. The first kappa shape index (κ1) is 23.3. The van der Waals surface area contributed by atoms with Gasteiger partial charge in [0.25, 0.3) is 0 Å². The van der Waals surface area contributed by atoms with E-state index in [1.54, 1.807) is 0 Å². The lowest BCUT2D eigenvalue weighted by atomic mass is 9.93. The summed E-state index contributed by atoms with van der Waals surface area (Å²) < 4.78 is 1.92. The first-order valence-electron chi connectivity index (χ1n) is 11.5. The van der Waals surface area contributed by atoms with E-state index in [9.17, 15) is 9.90 Å². The van der Waals surface area contributed by atoms with E-state index in [1.165, 1.54) is 0 Å². The van der Waals surface area contributed by atoms with Crippen LogP contribution in [0.1, 0.15) is 33.9 Å². The maximum atomic E-state index is 12.3. The van der Waals surface area contributed by atoms with E-state index in [0.717, 1.165) is 50.6 Å². The molecular weight excluding hydrogens is 422 g/mol. The molecule has 5 nitrogen and oxygen atoms in total. The van der Waals surface area contributed by atoms with Gasteiger partial charge >= 0.3 is 5.97 Å². The number of carboxylic acids is 1. The molecule has 34 heavy (non-hydrogen) atoms. The smallest absolute Gasteiger partial charge is 0.311 e. The molecule has 0 amide bonds. The van der Waals surface area contributed by atoms with Crippen molar-refractivity contribution in [3.8, 4) is 16.9 Å². The molecule has 0 aliphatic carbocycles. The molecule has 0 spiro atoms. The summed E-state index contributed by atoms with van der Waals surface area (Å²) in [5.41, 5.74) is 8.82. The van der Waals surface area contributed by atoms with Crippen molar-refractivity contribution in [2.75, 3.05) is 19.0 Å². The molecule has 174 valence electrons. The van der Waals surface area contributed by atoms with Crippen molar-refractivity contribution in [1.82, 2.24) is 9.78 Å². The van der Waals surface area contributed by atoms with Crippen LogP contribution in [-0.2, 0) is 11.2 Å². The van der Waals surface area contributed by atoms with Gasteiger partial charge in [0.05, 0.1) is 17.3 Å². The minimum absolute atomic E-state index is 0.340. The van der Waals surface area contributed by atoms with E-state index in [4.69, 9.17) is 5.10 Å². The third kappa shape index (κ3) is 4.88. The van der Waals surface area contributed by atoms with E-state index >= 15 is 0 Å². The van der Waals surface area contributed by atoms with Crippen LogP contribution in [-0.4, -0.2) is 35.0 Å². The Morgan fingerprint density at radius 2 is 1.68 bits per heavy atom. The number of hydrogen-bond donors (Lipinski definition) is 1. The molecule has 0 aliphatic rings. The molecule has 4 rings (SSSR count). The Morgan fingerprint density at radius 1 is 0.941 bits per heavy atom. The van der Waals surface area contributed by atoms with Crippen LogP contribution in [0.3, 0.4) is 0 Å². The van der Waals surface area contributed by atoms with Crippen molar-refractivity contribution in [2.24, 2.45) is 0 Å². The molecule has 5 heteroatoms. The summed E-state index contributed by atoms with van der Waals surface area (Å²) >= 11 is 0. The summed E-state index contributed by atoms with van der Waals surface area (Å²) in [6, 6.07) is 24.3. The van der Waals surface area contributed by atoms with Gasteiger partial charge in [-0.1, -0.05) is 54.1 Å². The van der Waals surface area contributed by atoms with Gasteiger partial charge < -0.3 is 10.0 Å². The van der Waals surface area contributed by atoms with Crippen LogP contribution in [0.2, 0.25) is 0 Å². The van der Waals surface area contributed by atoms with Crippen molar-refractivity contribution in [2.45, 2.75) is 33.1 Å². The van der Waals surface area contributed by atoms with E-state index in [0.29, 0.717) is 6.42 Å². The second-order valence-corrected chi connectivity index (χ2v) is 9.18. The van der Waals surface area contributed by atoms with E-state index in [2.05, 4.69) is 49.1 Å². The van der Waals surface area contributed by atoms with Gasteiger partial charge in [0, 0.05) is 37.5 Å². The lowest BCUT2D eigenvalue weighted by Crippen LogP contribution is -2.17. The van der Waals surface area contributed by atoms with Crippen LogP contribution in [0, 0.1) is 20.8 Å². The predicted octanol–water partition coefficient (Wildman–Crippen LogP) is 5.94. The van der Waals surface area contributed by atoms with Crippen LogP contribution < -0.4 is 4.90 Å². The number of nitrogens with zero attached hydrogens (tertiary/aromatic N) is 3.